The van der Waals surface area contributed by atoms with Crippen LogP contribution in [0, 0.1) is 9.94 Å². The number of rotatable bonds is 1. The Labute approximate surface area is 91.8 Å². The second kappa shape index (κ2) is 3.39. The Kier molecular flexibility index (Phi) is 2.42. The third-order valence-corrected chi connectivity index (χ3v) is 4.11. The molecule has 0 saturated carbocycles. The molecule has 2 heterocycles. The standard InChI is InChI=1S/C7H5IN2S2/c1-4-2-3-5(11-4)6-9-10-7(8)12-6/h2-3H,1H3. The van der Waals surface area contributed by atoms with Gasteiger partial charge in [0.25, 0.3) is 0 Å². The zero-order valence-electron chi connectivity index (χ0n) is 6.24. The van der Waals surface area contributed by atoms with Crippen LogP contribution in [0.5, 0.6) is 0 Å². The molecule has 0 unspecified atom stereocenters. The first-order valence-corrected chi connectivity index (χ1v) is 6.03. The van der Waals surface area contributed by atoms with Crippen molar-refractivity contribution in [2.45, 2.75) is 6.92 Å². The van der Waals surface area contributed by atoms with Gasteiger partial charge in [0.1, 0.15) is 0 Å². The molecule has 0 atom stereocenters. The number of halogens is 1. The molecule has 12 heavy (non-hydrogen) atoms. The largest absolute Gasteiger partial charge is 0.178 e. The lowest BCUT2D eigenvalue weighted by Gasteiger charge is -1.83. The first-order chi connectivity index (χ1) is 5.75. The van der Waals surface area contributed by atoms with Crippen LogP contribution >= 0.6 is 45.3 Å². The van der Waals surface area contributed by atoms with Crippen LogP contribution in [0.1, 0.15) is 4.88 Å². The van der Waals surface area contributed by atoms with Crippen molar-refractivity contribution in [1.82, 2.24) is 10.2 Å². The fraction of sp³-hybridized carbons (Fsp3) is 0.143. The van der Waals surface area contributed by atoms with E-state index in [0.717, 1.165) is 8.02 Å². The molecular formula is C7H5IN2S2. The zero-order valence-corrected chi connectivity index (χ0v) is 10.0. The summed E-state index contributed by atoms with van der Waals surface area (Å²) in [6.07, 6.45) is 0. The fourth-order valence-electron chi connectivity index (χ4n) is 0.854. The van der Waals surface area contributed by atoms with E-state index in [1.165, 1.54) is 9.75 Å². The van der Waals surface area contributed by atoms with Crippen LogP contribution in [-0.2, 0) is 0 Å². The summed E-state index contributed by atoms with van der Waals surface area (Å²) in [5.41, 5.74) is 0. The Morgan fingerprint density at radius 3 is 2.58 bits per heavy atom. The maximum absolute atomic E-state index is 4.07. The molecule has 2 aromatic heterocycles. The average molecular weight is 308 g/mol. The van der Waals surface area contributed by atoms with E-state index in [1.54, 1.807) is 22.7 Å². The van der Waals surface area contributed by atoms with Gasteiger partial charge in [-0.15, -0.1) is 21.5 Å². The van der Waals surface area contributed by atoms with Crippen molar-refractivity contribution in [1.29, 1.82) is 0 Å². The molecule has 0 aliphatic carbocycles. The molecule has 0 saturated heterocycles. The topological polar surface area (TPSA) is 25.8 Å². The quantitative estimate of drug-likeness (QED) is 0.756. The van der Waals surface area contributed by atoms with Crippen LogP contribution in [0.25, 0.3) is 9.88 Å². The predicted octanol–water partition coefficient (Wildman–Crippen LogP) is 3.18. The normalized spacial score (nSPS) is 10.5. The molecule has 0 bridgehead atoms. The lowest BCUT2D eigenvalue weighted by atomic mass is 10.4. The van der Waals surface area contributed by atoms with E-state index in [4.69, 9.17) is 0 Å². The van der Waals surface area contributed by atoms with Crippen LogP contribution in [0.4, 0.5) is 0 Å². The molecule has 0 N–H and O–H groups in total. The van der Waals surface area contributed by atoms with Crippen molar-refractivity contribution in [3.63, 3.8) is 0 Å². The summed E-state index contributed by atoms with van der Waals surface area (Å²) in [7, 11) is 0. The van der Waals surface area contributed by atoms with Gasteiger partial charge in [-0.1, -0.05) is 11.3 Å². The molecule has 2 nitrogen and oxygen atoms in total. The van der Waals surface area contributed by atoms with Gasteiger partial charge in [0.15, 0.2) is 8.02 Å². The lowest BCUT2D eigenvalue weighted by molar-refractivity contribution is 1.08. The van der Waals surface area contributed by atoms with Crippen molar-refractivity contribution < 1.29 is 0 Å². The van der Waals surface area contributed by atoms with Crippen molar-refractivity contribution in [2.75, 3.05) is 0 Å². The zero-order chi connectivity index (χ0) is 8.55. The van der Waals surface area contributed by atoms with Gasteiger partial charge in [-0.2, -0.15) is 0 Å². The summed E-state index contributed by atoms with van der Waals surface area (Å²) in [5, 5.41) is 9.06. The highest BCUT2D eigenvalue weighted by Crippen LogP contribution is 2.30. The van der Waals surface area contributed by atoms with Crippen molar-refractivity contribution in [3.05, 3.63) is 20.0 Å². The minimum Gasteiger partial charge on any atom is -0.138 e. The van der Waals surface area contributed by atoms with Crippen molar-refractivity contribution in [3.8, 4) is 9.88 Å². The summed E-state index contributed by atoms with van der Waals surface area (Å²) >= 11 is 5.57. The second-order valence-corrected chi connectivity index (χ2v) is 6.29. The van der Waals surface area contributed by atoms with Gasteiger partial charge in [-0.25, -0.2) is 0 Å². The molecular weight excluding hydrogens is 303 g/mol. The van der Waals surface area contributed by atoms with Gasteiger partial charge in [0, 0.05) is 4.88 Å². The van der Waals surface area contributed by atoms with Crippen LogP contribution < -0.4 is 0 Å². The number of aryl methyl sites for hydroxylation is 1. The Bertz CT molecular complexity index is 355. The molecule has 5 heteroatoms. The molecule has 0 aromatic carbocycles. The summed E-state index contributed by atoms with van der Waals surface area (Å²) < 4.78 is 0.994. The van der Waals surface area contributed by atoms with Crippen molar-refractivity contribution >= 4 is 45.3 Å². The maximum atomic E-state index is 4.07. The number of aromatic nitrogens is 2. The number of thiophene rings is 1. The van der Waals surface area contributed by atoms with E-state index < -0.39 is 0 Å². The number of hydrogen-bond acceptors (Lipinski definition) is 4. The van der Waals surface area contributed by atoms with Gasteiger partial charge in [-0.05, 0) is 41.6 Å². The van der Waals surface area contributed by atoms with Crippen LogP contribution in [0.3, 0.4) is 0 Å². The summed E-state index contributed by atoms with van der Waals surface area (Å²) in [6.45, 7) is 2.10. The van der Waals surface area contributed by atoms with E-state index in [9.17, 15) is 0 Å². The highest BCUT2D eigenvalue weighted by molar-refractivity contribution is 14.1. The van der Waals surface area contributed by atoms with E-state index in [1.807, 2.05) is 0 Å². The summed E-state index contributed by atoms with van der Waals surface area (Å²) in [4.78, 5) is 2.53. The smallest absolute Gasteiger partial charge is 0.138 e. The molecule has 2 rings (SSSR count). The number of nitrogens with zero attached hydrogens (tertiary/aromatic N) is 2. The van der Waals surface area contributed by atoms with Crippen LogP contribution in [0.2, 0.25) is 0 Å². The monoisotopic (exact) mass is 308 g/mol. The van der Waals surface area contributed by atoms with Crippen molar-refractivity contribution in [2.24, 2.45) is 0 Å². The first kappa shape index (κ1) is 8.58. The molecule has 0 aliphatic rings. The molecule has 0 amide bonds. The Morgan fingerprint density at radius 2 is 2.08 bits per heavy atom. The molecule has 62 valence electrons. The van der Waals surface area contributed by atoms with Crippen LogP contribution in [0.15, 0.2) is 12.1 Å². The molecule has 0 radical (unpaired) electrons. The minimum absolute atomic E-state index is 0.994. The minimum atomic E-state index is 0.994. The summed E-state index contributed by atoms with van der Waals surface area (Å²) in [5.74, 6) is 0. The second-order valence-electron chi connectivity index (χ2n) is 2.27. The maximum Gasteiger partial charge on any atom is 0.178 e. The van der Waals surface area contributed by atoms with Gasteiger partial charge in [-0.3, -0.25) is 0 Å². The fourth-order valence-corrected chi connectivity index (χ4v) is 3.08. The average Bonchev–Trinajstić information content (AvgIpc) is 2.58. The third-order valence-electron chi connectivity index (χ3n) is 1.35. The molecule has 0 fully saturated rings. The van der Waals surface area contributed by atoms with Crippen LogP contribution in [-0.4, -0.2) is 10.2 Å². The Morgan fingerprint density at radius 1 is 1.25 bits per heavy atom. The molecule has 2 aromatic rings. The third kappa shape index (κ3) is 1.67. The lowest BCUT2D eigenvalue weighted by Crippen LogP contribution is -1.69. The Hall–Kier alpha value is -0.0100. The number of hydrogen-bond donors (Lipinski definition) is 0. The highest BCUT2D eigenvalue weighted by atomic mass is 127. The van der Waals surface area contributed by atoms with Gasteiger partial charge < -0.3 is 0 Å². The predicted molar refractivity (Wildman–Crippen MR) is 60.7 cm³/mol. The Balaban J connectivity index is 2.43. The first-order valence-electron chi connectivity index (χ1n) is 3.31. The van der Waals surface area contributed by atoms with E-state index >= 15 is 0 Å². The van der Waals surface area contributed by atoms with E-state index in [-0.39, 0.29) is 0 Å². The van der Waals surface area contributed by atoms with Gasteiger partial charge >= 0.3 is 0 Å². The van der Waals surface area contributed by atoms with Gasteiger partial charge in [0.05, 0.1) is 4.88 Å². The summed E-state index contributed by atoms with van der Waals surface area (Å²) in [6, 6.07) is 4.20. The highest BCUT2D eigenvalue weighted by Gasteiger charge is 2.05. The molecule has 0 spiro atoms. The molecule has 0 aliphatic heterocycles. The van der Waals surface area contributed by atoms with E-state index in [0.29, 0.717) is 0 Å². The SMILES string of the molecule is Cc1ccc(-c2nnc(I)s2)s1. The van der Waals surface area contributed by atoms with Gasteiger partial charge in [0.2, 0.25) is 0 Å². The van der Waals surface area contributed by atoms with E-state index in [2.05, 4.69) is 51.8 Å².